The number of nitrogens with zero attached hydrogens (tertiary/aromatic N) is 2. The molecule has 114 valence electrons. The van der Waals surface area contributed by atoms with Gasteiger partial charge in [-0.3, -0.25) is 4.99 Å². The predicted molar refractivity (Wildman–Crippen MR) is 85.9 cm³/mol. The molecule has 0 spiro atoms. The molecule has 0 aromatic heterocycles. The van der Waals surface area contributed by atoms with E-state index in [-0.39, 0.29) is 5.71 Å². The third-order valence-electron chi connectivity index (χ3n) is 4.04. The number of carbonyl (C=O) groups is 1. The van der Waals surface area contributed by atoms with Crippen LogP contribution in [0.15, 0.2) is 23.2 Å². The number of nitrogen functional groups attached to an aromatic ring is 1. The fourth-order valence-corrected chi connectivity index (χ4v) is 2.65. The van der Waals surface area contributed by atoms with E-state index in [1.54, 1.807) is 7.05 Å². The zero-order valence-electron chi connectivity index (χ0n) is 12.9. The minimum Gasteiger partial charge on any atom is -0.464 e. The highest BCUT2D eigenvalue weighted by molar-refractivity contribution is 6.44. The number of esters is 1. The van der Waals surface area contributed by atoms with Crippen molar-refractivity contribution in [1.82, 2.24) is 0 Å². The Morgan fingerprint density at radius 2 is 2.05 bits per heavy atom. The standard InChI is InChI=1S/C16H23N3O2/c1-11-6-8-19(9-7-11)12-4-5-13(14(17)10-12)15(18-2)16(20)21-3/h4-5,10-11H,6-9,17H2,1-3H3. The van der Waals surface area contributed by atoms with Crippen molar-refractivity contribution < 1.29 is 9.53 Å². The second-order valence-electron chi connectivity index (χ2n) is 5.50. The van der Waals surface area contributed by atoms with Crippen LogP contribution in [0.3, 0.4) is 0 Å². The number of hydrogen-bond donors (Lipinski definition) is 1. The average molecular weight is 289 g/mol. The lowest BCUT2D eigenvalue weighted by Crippen LogP contribution is -2.32. The summed E-state index contributed by atoms with van der Waals surface area (Å²) in [7, 11) is 2.90. The van der Waals surface area contributed by atoms with Crippen LogP contribution in [0, 0.1) is 5.92 Å². The zero-order valence-corrected chi connectivity index (χ0v) is 12.9. The number of benzene rings is 1. The minimum atomic E-state index is -0.469. The molecule has 2 N–H and O–H groups in total. The molecule has 0 amide bonds. The van der Waals surface area contributed by atoms with Gasteiger partial charge < -0.3 is 15.4 Å². The van der Waals surface area contributed by atoms with Gasteiger partial charge in [0.1, 0.15) is 0 Å². The molecule has 2 rings (SSSR count). The van der Waals surface area contributed by atoms with Crippen molar-refractivity contribution >= 4 is 23.1 Å². The Hall–Kier alpha value is -2.04. The van der Waals surface area contributed by atoms with Crippen LogP contribution < -0.4 is 10.6 Å². The Balaban J connectivity index is 2.23. The van der Waals surface area contributed by atoms with Gasteiger partial charge in [0.05, 0.1) is 7.11 Å². The van der Waals surface area contributed by atoms with Crippen LogP contribution in [0.2, 0.25) is 0 Å². The molecule has 21 heavy (non-hydrogen) atoms. The van der Waals surface area contributed by atoms with Crippen molar-refractivity contribution in [1.29, 1.82) is 0 Å². The highest BCUT2D eigenvalue weighted by Gasteiger charge is 2.19. The maximum Gasteiger partial charge on any atom is 0.356 e. The topological polar surface area (TPSA) is 67.9 Å². The average Bonchev–Trinajstić information content (AvgIpc) is 2.50. The molecule has 5 heteroatoms. The molecule has 5 nitrogen and oxygen atoms in total. The normalized spacial score (nSPS) is 16.9. The van der Waals surface area contributed by atoms with Crippen molar-refractivity contribution in [3.63, 3.8) is 0 Å². The Kier molecular flexibility index (Phi) is 4.83. The van der Waals surface area contributed by atoms with Crippen molar-refractivity contribution in [2.24, 2.45) is 10.9 Å². The third-order valence-corrected chi connectivity index (χ3v) is 4.04. The molecule has 1 fully saturated rings. The lowest BCUT2D eigenvalue weighted by molar-refractivity contribution is -0.132. The summed E-state index contributed by atoms with van der Waals surface area (Å²) in [4.78, 5) is 18.0. The summed E-state index contributed by atoms with van der Waals surface area (Å²) < 4.78 is 4.74. The Bertz CT molecular complexity index is 546. The number of anilines is 2. The van der Waals surface area contributed by atoms with Crippen LogP contribution in [0.5, 0.6) is 0 Å². The van der Waals surface area contributed by atoms with E-state index < -0.39 is 5.97 Å². The second kappa shape index (κ2) is 6.61. The van der Waals surface area contributed by atoms with E-state index in [4.69, 9.17) is 10.5 Å². The second-order valence-corrected chi connectivity index (χ2v) is 5.50. The summed E-state index contributed by atoms with van der Waals surface area (Å²) in [6.07, 6.45) is 2.40. The van der Waals surface area contributed by atoms with Gasteiger partial charge in [0.25, 0.3) is 0 Å². The molecular formula is C16H23N3O2. The number of hydrogen-bond acceptors (Lipinski definition) is 5. The zero-order chi connectivity index (χ0) is 15.4. The number of rotatable bonds is 3. The first-order chi connectivity index (χ1) is 10.1. The highest BCUT2D eigenvalue weighted by atomic mass is 16.5. The highest BCUT2D eigenvalue weighted by Crippen LogP contribution is 2.26. The first-order valence-corrected chi connectivity index (χ1v) is 7.26. The summed E-state index contributed by atoms with van der Waals surface area (Å²) in [5.41, 5.74) is 8.64. The number of ether oxygens (including phenoxy) is 1. The molecule has 1 aromatic rings. The first-order valence-electron chi connectivity index (χ1n) is 7.26. The molecule has 0 bridgehead atoms. The fraction of sp³-hybridized carbons (Fsp3) is 0.500. The van der Waals surface area contributed by atoms with E-state index in [1.807, 2.05) is 18.2 Å². The van der Waals surface area contributed by atoms with Gasteiger partial charge in [0, 0.05) is 37.1 Å². The fourth-order valence-electron chi connectivity index (χ4n) is 2.65. The summed E-state index contributed by atoms with van der Waals surface area (Å²) in [5, 5.41) is 0. The molecule has 0 saturated carbocycles. The molecule has 1 heterocycles. The van der Waals surface area contributed by atoms with E-state index in [1.165, 1.54) is 20.0 Å². The minimum absolute atomic E-state index is 0.258. The van der Waals surface area contributed by atoms with Gasteiger partial charge in [-0.25, -0.2) is 4.79 Å². The van der Waals surface area contributed by atoms with Gasteiger partial charge in [-0.2, -0.15) is 0 Å². The van der Waals surface area contributed by atoms with Crippen molar-refractivity contribution in [3.8, 4) is 0 Å². The van der Waals surface area contributed by atoms with Gasteiger partial charge in [-0.1, -0.05) is 6.92 Å². The van der Waals surface area contributed by atoms with E-state index in [9.17, 15) is 4.79 Å². The van der Waals surface area contributed by atoms with Gasteiger partial charge in [-0.15, -0.1) is 0 Å². The Morgan fingerprint density at radius 3 is 2.57 bits per heavy atom. The quantitative estimate of drug-likeness (QED) is 0.525. The lowest BCUT2D eigenvalue weighted by Gasteiger charge is -2.32. The molecule has 1 aliphatic heterocycles. The molecule has 0 unspecified atom stereocenters. The summed E-state index contributed by atoms with van der Waals surface area (Å²) >= 11 is 0. The monoisotopic (exact) mass is 289 g/mol. The van der Waals surface area contributed by atoms with E-state index >= 15 is 0 Å². The Morgan fingerprint density at radius 1 is 1.38 bits per heavy atom. The van der Waals surface area contributed by atoms with Crippen molar-refractivity contribution in [2.45, 2.75) is 19.8 Å². The summed E-state index contributed by atoms with van der Waals surface area (Å²) in [6.45, 7) is 4.38. The van der Waals surface area contributed by atoms with Gasteiger partial charge in [0.15, 0.2) is 5.71 Å². The molecule has 1 aliphatic rings. The largest absolute Gasteiger partial charge is 0.464 e. The Labute approximate surface area is 125 Å². The van der Waals surface area contributed by atoms with Crippen LogP contribution in [0.1, 0.15) is 25.3 Å². The van der Waals surface area contributed by atoms with Gasteiger partial charge >= 0.3 is 5.97 Å². The van der Waals surface area contributed by atoms with Gasteiger partial charge in [0.2, 0.25) is 0 Å². The SMILES string of the molecule is CN=C(C(=O)OC)c1ccc(N2CCC(C)CC2)cc1N. The molecular weight excluding hydrogens is 266 g/mol. The van der Waals surface area contributed by atoms with Crippen LogP contribution in [-0.4, -0.2) is 38.9 Å². The van der Waals surface area contributed by atoms with Crippen LogP contribution in [0.4, 0.5) is 11.4 Å². The summed E-state index contributed by atoms with van der Waals surface area (Å²) in [5.74, 6) is 0.319. The molecule has 0 atom stereocenters. The molecule has 0 radical (unpaired) electrons. The number of methoxy groups -OCH3 is 1. The maximum absolute atomic E-state index is 11.7. The smallest absolute Gasteiger partial charge is 0.356 e. The van der Waals surface area contributed by atoms with Crippen LogP contribution in [0.25, 0.3) is 0 Å². The van der Waals surface area contributed by atoms with Crippen molar-refractivity contribution in [3.05, 3.63) is 23.8 Å². The molecule has 1 saturated heterocycles. The third kappa shape index (κ3) is 3.35. The number of nitrogens with two attached hydrogens (primary N) is 1. The molecule has 0 aliphatic carbocycles. The first kappa shape index (κ1) is 15.4. The van der Waals surface area contributed by atoms with Crippen LogP contribution >= 0.6 is 0 Å². The number of carbonyl (C=O) groups excluding carboxylic acids is 1. The van der Waals surface area contributed by atoms with Gasteiger partial charge in [-0.05, 0) is 37.0 Å². The predicted octanol–water partition coefficient (Wildman–Crippen LogP) is 2.10. The summed E-state index contributed by atoms with van der Waals surface area (Å²) in [6, 6.07) is 5.76. The van der Waals surface area contributed by atoms with Crippen LogP contribution in [-0.2, 0) is 9.53 Å². The number of piperidine rings is 1. The van der Waals surface area contributed by atoms with E-state index in [0.29, 0.717) is 11.3 Å². The molecule has 1 aromatic carbocycles. The number of aliphatic imine (C=N–C) groups is 1. The van der Waals surface area contributed by atoms with E-state index in [0.717, 1.165) is 24.7 Å². The lowest BCUT2D eigenvalue weighted by atomic mass is 9.98. The maximum atomic E-state index is 11.7. The van der Waals surface area contributed by atoms with Crippen molar-refractivity contribution in [2.75, 3.05) is 37.9 Å². The van der Waals surface area contributed by atoms with E-state index in [2.05, 4.69) is 16.8 Å².